The summed E-state index contributed by atoms with van der Waals surface area (Å²) in [5, 5.41) is 5.07. The fourth-order valence-electron chi connectivity index (χ4n) is 2.53. The lowest BCUT2D eigenvalue weighted by Crippen LogP contribution is -2.31. The molecule has 118 valence electrons. The molecule has 1 unspecified atom stereocenters. The Morgan fingerprint density at radius 3 is 2.41 bits per heavy atom. The number of amides is 1. The maximum atomic E-state index is 12.6. The van der Waals surface area contributed by atoms with Gasteiger partial charge in [-0.1, -0.05) is 23.7 Å². The zero-order valence-electron chi connectivity index (χ0n) is 13.7. The Morgan fingerprint density at radius 2 is 1.91 bits per heavy atom. The molecule has 1 heterocycles. The molecule has 0 aliphatic heterocycles. The van der Waals surface area contributed by atoms with Crippen LogP contribution in [0.2, 0.25) is 5.02 Å². The molecule has 4 nitrogen and oxygen atoms in total. The van der Waals surface area contributed by atoms with Gasteiger partial charge in [-0.05, 0) is 38.5 Å². The summed E-state index contributed by atoms with van der Waals surface area (Å²) in [4.78, 5) is 14.3. The van der Waals surface area contributed by atoms with E-state index in [0.717, 1.165) is 22.5 Å². The van der Waals surface area contributed by atoms with Gasteiger partial charge in [-0.25, -0.2) is 0 Å². The van der Waals surface area contributed by atoms with E-state index in [1.54, 1.807) is 4.90 Å². The predicted molar refractivity (Wildman–Crippen MR) is 89.0 cm³/mol. The largest absolute Gasteiger partial charge is 0.339 e. The highest BCUT2D eigenvalue weighted by Gasteiger charge is 2.20. The number of halogens is 1. The Bertz CT molecular complexity index is 676. The van der Waals surface area contributed by atoms with Crippen molar-refractivity contribution >= 4 is 17.5 Å². The lowest BCUT2D eigenvalue weighted by atomic mass is 10.1. The second-order valence-corrected chi connectivity index (χ2v) is 6.12. The van der Waals surface area contributed by atoms with Gasteiger partial charge in [-0.3, -0.25) is 9.48 Å². The van der Waals surface area contributed by atoms with Crippen LogP contribution in [0.4, 0.5) is 0 Å². The van der Waals surface area contributed by atoms with Crippen molar-refractivity contribution in [3.63, 3.8) is 0 Å². The molecule has 0 saturated heterocycles. The van der Waals surface area contributed by atoms with Crippen LogP contribution in [0.15, 0.2) is 24.3 Å². The standard InChI is InChI=1S/C17H22ClN3O/c1-11-16(13(3)21(5)19-11)10-17(22)20(4)12(2)14-6-8-15(18)9-7-14/h6-9,12H,10H2,1-5H3. The molecule has 0 N–H and O–H groups in total. The molecular weight excluding hydrogens is 298 g/mol. The second kappa shape index (κ2) is 6.53. The van der Waals surface area contributed by atoms with Crippen LogP contribution in [0.1, 0.15) is 35.5 Å². The van der Waals surface area contributed by atoms with E-state index in [9.17, 15) is 4.79 Å². The number of rotatable bonds is 4. The molecule has 22 heavy (non-hydrogen) atoms. The monoisotopic (exact) mass is 319 g/mol. The number of hydrogen-bond acceptors (Lipinski definition) is 2. The maximum absolute atomic E-state index is 12.6. The van der Waals surface area contributed by atoms with Gasteiger partial charge in [0.25, 0.3) is 0 Å². The van der Waals surface area contributed by atoms with Gasteiger partial charge in [0.05, 0.1) is 18.2 Å². The third kappa shape index (κ3) is 3.33. The highest BCUT2D eigenvalue weighted by atomic mass is 35.5. The smallest absolute Gasteiger partial charge is 0.227 e. The lowest BCUT2D eigenvalue weighted by Gasteiger charge is -2.25. The number of aromatic nitrogens is 2. The zero-order chi connectivity index (χ0) is 16.4. The Hall–Kier alpha value is -1.81. The molecule has 1 atom stereocenters. The number of hydrogen-bond donors (Lipinski definition) is 0. The van der Waals surface area contributed by atoms with E-state index in [0.29, 0.717) is 11.4 Å². The molecule has 1 amide bonds. The van der Waals surface area contributed by atoms with E-state index in [1.807, 2.05) is 63.8 Å². The summed E-state index contributed by atoms with van der Waals surface area (Å²) in [7, 11) is 3.74. The molecule has 2 rings (SSSR count). The van der Waals surface area contributed by atoms with Crippen LogP contribution in [0.5, 0.6) is 0 Å². The summed E-state index contributed by atoms with van der Waals surface area (Å²) < 4.78 is 1.82. The van der Waals surface area contributed by atoms with Crippen molar-refractivity contribution in [3.05, 3.63) is 51.8 Å². The summed E-state index contributed by atoms with van der Waals surface area (Å²) in [5.74, 6) is 0.0849. The van der Waals surface area contributed by atoms with Crippen LogP contribution in [0, 0.1) is 13.8 Å². The van der Waals surface area contributed by atoms with Gasteiger partial charge >= 0.3 is 0 Å². The molecule has 2 aromatic rings. The molecule has 0 aliphatic carbocycles. The number of nitrogens with zero attached hydrogens (tertiary/aromatic N) is 3. The predicted octanol–water partition coefficient (Wildman–Crippen LogP) is 3.45. The average Bonchev–Trinajstić information content (AvgIpc) is 2.73. The summed E-state index contributed by atoms with van der Waals surface area (Å²) in [6, 6.07) is 7.61. The van der Waals surface area contributed by atoms with Gasteiger partial charge in [-0.15, -0.1) is 0 Å². The van der Waals surface area contributed by atoms with Gasteiger partial charge in [0, 0.05) is 30.4 Å². The van der Waals surface area contributed by atoms with Crippen LogP contribution < -0.4 is 0 Å². The fraction of sp³-hybridized carbons (Fsp3) is 0.412. The number of carbonyl (C=O) groups excluding carboxylic acids is 1. The molecule has 5 heteroatoms. The zero-order valence-corrected chi connectivity index (χ0v) is 14.5. The van der Waals surface area contributed by atoms with Crippen molar-refractivity contribution in [1.82, 2.24) is 14.7 Å². The Morgan fingerprint density at radius 1 is 1.32 bits per heavy atom. The van der Waals surface area contributed by atoms with Crippen LogP contribution in [-0.2, 0) is 18.3 Å². The van der Waals surface area contributed by atoms with Gasteiger partial charge in [0.1, 0.15) is 0 Å². The Balaban J connectivity index is 2.13. The van der Waals surface area contributed by atoms with Crippen molar-refractivity contribution in [1.29, 1.82) is 0 Å². The first-order valence-electron chi connectivity index (χ1n) is 7.31. The van der Waals surface area contributed by atoms with E-state index in [-0.39, 0.29) is 11.9 Å². The molecule has 1 aromatic heterocycles. The van der Waals surface area contributed by atoms with E-state index in [2.05, 4.69) is 5.10 Å². The van der Waals surface area contributed by atoms with Crippen molar-refractivity contribution in [3.8, 4) is 0 Å². The molecule has 0 bridgehead atoms. The molecule has 1 aromatic carbocycles. The minimum absolute atomic E-state index is 0.00190. The van der Waals surface area contributed by atoms with E-state index in [4.69, 9.17) is 11.6 Å². The maximum Gasteiger partial charge on any atom is 0.227 e. The van der Waals surface area contributed by atoms with Crippen molar-refractivity contribution in [2.75, 3.05) is 7.05 Å². The summed E-state index contributed by atoms with van der Waals surface area (Å²) in [6.45, 7) is 5.95. The topological polar surface area (TPSA) is 38.1 Å². The first-order chi connectivity index (χ1) is 10.3. The molecule has 0 saturated carbocycles. The summed E-state index contributed by atoms with van der Waals surface area (Å²) in [5.41, 5.74) is 4.04. The van der Waals surface area contributed by atoms with Crippen LogP contribution >= 0.6 is 11.6 Å². The SMILES string of the molecule is Cc1nn(C)c(C)c1CC(=O)N(C)C(C)c1ccc(Cl)cc1. The van der Waals surface area contributed by atoms with E-state index < -0.39 is 0 Å². The van der Waals surface area contributed by atoms with Crippen molar-refractivity contribution in [2.24, 2.45) is 7.05 Å². The van der Waals surface area contributed by atoms with Crippen molar-refractivity contribution in [2.45, 2.75) is 33.2 Å². The fourth-order valence-corrected chi connectivity index (χ4v) is 2.66. The van der Waals surface area contributed by atoms with Gasteiger partial charge < -0.3 is 4.90 Å². The minimum atomic E-state index is 0.00190. The van der Waals surface area contributed by atoms with E-state index in [1.165, 1.54) is 0 Å². The van der Waals surface area contributed by atoms with E-state index >= 15 is 0 Å². The van der Waals surface area contributed by atoms with Crippen LogP contribution in [-0.4, -0.2) is 27.6 Å². The highest BCUT2D eigenvalue weighted by molar-refractivity contribution is 6.30. The van der Waals surface area contributed by atoms with Gasteiger partial charge in [-0.2, -0.15) is 5.10 Å². The number of aryl methyl sites for hydroxylation is 2. The number of benzene rings is 1. The Labute approximate surface area is 136 Å². The third-order valence-electron chi connectivity index (χ3n) is 4.31. The normalized spacial score (nSPS) is 12.3. The average molecular weight is 320 g/mol. The molecule has 0 aliphatic rings. The lowest BCUT2D eigenvalue weighted by molar-refractivity contribution is -0.131. The summed E-state index contributed by atoms with van der Waals surface area (Å²) in [6.07, 6.45) is 0.375. The highest BCUT2D eigenvalue weighted by Crippen LogP contribution is 2.22. The second-order valence-electron chi connectivity index (χ2n) is 5.68. The molecule has 0 fully saturated rings. The first-order valence-corrected chi connectivity index (χ1v) is 7.69. The minimum Gasteiger partial charge on any atom is -0.339 e. The summed E-state index contributed by atoms with van der Waals surface area (Å²) >= 11 is 5.91. The third-order valence-corrected chi connectivity index (χ3v) is 4.57. The first kappa shape index (κ1) is 16.6. The molecule has 0 spiro atoms. The van der Waals surface area contributed by atoms with Gasteiger partial charge in [0.2, 0.25) is 5.91 Å². The number of likely N-dealkylation sites (N-methyl/N-ethyl adjacent to an activating group) is 1. The van der Waals surface area contributed by atoms with Crippen LogP contribution in [0.3, 0.4) is 0 Å². The quantitative estimate of drug-likeness (QED) is 0.865. The van der Waals surface area contributed by atoms with Crippen LogP contribution in [0.25, 0.3) is 0 Å². The molecular formula is C17H22ClN3O. The number of carbonyl (C=O) groups is 1. The van der Waals surface area contributed by atoms with Gasteiger partial charge in [0.15, 0.2) is 0 Å². The molecule has 0 radical (unpaired) electrons. The van der Waals surface area contributed by atoms with Crippen molar-refractivity contribution < 1.29 is 4.79 Å². The Kier molecular flexibility index (Phi) is 4.91.